The van der Waals surface area contributed by atoms with Crippen LogP contribution in [0.5, 0.6) is 0 Å². The molecule has 0 saturated carbocycles. The van der Waals surface area contributed by atoms with Crippen molar-refractivity contribution in [2.24, 2.45) is 0 Å². The molecule has 0 unspecified atom stereocenters. The van der Waals surface area contributed by atoms with Gasteiger partial charge in [0.1, 0.15) is 5.82 Å². The van der Waals surface area contributed by atoms with Crippen molar-refractivity contribution in [3.8, 4) is 0 Å². The molecule has 0 aliphatic heterocycles. The van der Waals surface area contributed by atoms with Gasteiger partial charge in [0.15, 0.2) is 0 Å². The van der Waals surface area contributed by atoms with Crippen LogP contribution in [0, 0.1) is 0 Å². The summed E-state index contributed by atoms with van der Waals surface area (Å²) in [4.78, 5) is 7.78. The Kier molecular flexibility index (Phi) is 14.5. The molecule has 0 aromatic carbocycles. The lowest BCUT2D eigenvalue weighted by Gasteiger charge is -2.40. The van der Waals surface area contributed by atoms with Crippen LogP contribution in [0.25, 0.3) is 0 Å². The highest BCUT2D eigenvalue weighted by Crippen LogP contribution is 2.22. The van der Waals surface area contributed by atoms with Crippen molar-refractivity contribution in [3.05, 3.63) is 24.2 Å². The first kappa shape index (κ1) is 23.9. The summed E-state index contributed by atoms with van der Waals surface area (Å²) < 4.78 is 0. The number of hydrogen-bond acceptors (Lipinski definition) is 3. The summed E-state index contributed by atoms with van der Waals surface area (Å²) in [7, 11) is 0. The topological polar surface area (TPSA) is 9.72 Å². The van der Waals surface area contributed by atoms with Gasteiger partial charge >= 0.3 is 0 Å². The summed E-state index contributed by atoms with van der Waals surface area (Å²) in [6.45, 7) is 24.6. The van der Waals surface area contributed by atoms with Gasteiger partial charge in [-0.2, -0.15) is 0 Å². The Bertz CT molecular complexity index is 326. The van der Waals surface area contributed by atoms with Crippen LogP contribution in [0.1, 0.15) is 80.1 Å². The van der Waals surface area contributed by atoms with Crippen LogP contribution in [0.15, 0.2) is 24.2 Å². The van der Waals surface area contributed by atoms with Gasteiger partial charge in [0.05, 0.1) is 5.70 Å². The summed E-state index contributed by atoms with van der Waals surface area (Å²) in [5.74, 6) is 1.42. The molecule has 0 N–H and O–H groups in total. The van der Waals surface area contributed by atoms with E-state index in [0.29, 0.717) is 0 Å². The van der Waals surface area contributed by atoms with E-state index in [9.17, 15) is 0 Å². The first-order valence-corrected chi connectivity index (χ1v) is 10.8. The van der Waals surface area contributed by atoms with Gasteiger partial charge < -0.3 is 14.7 Å². The number of rotatable bonds is 16. The second-order valence-electron chi connectivity index (χ2n) is 6.87. The van der Waals surface area contributed by atoms with Crippen molar-refractivity contribution in [3.63, 3.8) is 0 Å². The Morgan fingerprint density at radius 2 is 0.840 bits per heavy atom. The second kappa shape index (κ2) is 15.2. The van der Waals surface area contributed by atoms with Crippen LogP contribution >= 0.6 is 0 Å². The highest BCUT2D eigenvalue weighted by Gasteiger charge is 2.21. The molecule has 0 spiro atoms. The SMILES string of the molecule is C=CC(=C(N(CCC)CCC)N(CCC)CCC)N(CCC)CCC. The van der Waals surface area contributed by atoms with Gasteiger partial charge in [-0.3, -0.25) is 0 Å². The molecule has 0 rings (SSSR count). The van der Waals surface area contributed by atoms with Gasteiger partial charge in [-0.15, -0.1) is 0 Å². The zero-order chi connectivity index (χ0) is 19.1. The first-order valence-electron chi connectivity index (χ1n) is 10.8. The van der Waals surface area contributed by atoms with E-state index < -0.39 is 0 Å². The van der Waals surface area contributed by atoms with Crippen LogP contribution in [0.4, 0.5) is 0 Å². The average Bonchev–Trinajstić information content (AvgIpc) is 2.59. The third kappa shape index (κ3) is 8.20. The lowest BCUT2D eigenvalue weighted by molar-refractivity contribution is 0.189. The fourth-order valence-electron chi connectivity index (χ4n) is 3.51. The van der Waals surface area contributed by atoms with Gasteiger partial charge in [0.2, 0.25) is 0 Å². The molecule has 3 heteroatoms. The van der Waals surface area contributed by atoms with Gasteiger partial charge in [0, 0.05) is 39.3 Å². The molecule has 0 fully saturated rings. The lowest BCUT2D eigenvalue weighted by Crippen LogP contribution is -2.41. The molecule has 0 bridgehead atoms. The van der Waals surface area contributed by atoms with Crippen molar-refractivity contribution < 1.29 is 0 Å². The third-order valence-corrected chi connectivity index (χ3v) is 4.32. The molecule has 0 aliphatic carbocycles. The summed E-state index contributed by atoms with van der Waals surface area (Å²) in [6, 6.07) is 0. The smallest absolute Gasteiger partial charge is 0.128 e. The van der Waals surface area contributed by atoms with E-state index in [0.717, 1.165) is 39.3 Å². The third-order valence-electron chi connectivity index (χ3n) is 4.32. The van der Waals surface area contributed by atoms with E-state index in [1.807, 2.05) is 0 Å². The van der Waals surface area contributed by atoms with Crippen molar-refractivity contribution >= 4 is 0 Å². The summed E-state index contributed by atoms with van der Waals surface area (Å²) in [6.07, 6.45) is 9.19. The Morgan fingerprint density at radius 1 is 0.560 bits per heavy atom. The lowest BCUT2D eigenvalue weighted by atomic mass is 10.2. The molecule has 0 radical (unpaired) electrons. The van der Waals surface area contributed by atoms with Gasteiger partial charge in [-0.05, 0) is 44.6 Å². The number of nitrogens with zero attached hydrogens (tertiary/aromatic N) is 3. The quantitative estimate of drug-likeness (QED) is 0.330. The molecular formula is C22H45N3. The van der Waals surface area contributed by atoms with Gasteiger partial charge in [-0.1, -0.05) is 48.1 Å². The highest BCUT2D eigenvalue weighted by atomic mass is 15.3. The zero-order valence-corrected chi connectivity index (χ0v) is 18.1. The second-order valence-corrected chi connectivity index (χ2v) is 6.87. The Morgan fingerprint density at radius 3 is 1.08 bits per heavy atom. The molecule has 0 aromatic rings. The highest BCUT2D eigenvalue weighted by molar-refractivity contribution is 5.22. The molecule has 148 valence electrons. The molecule has 0 atom stereocenters. The maximum atomic E-state index is 4.22. The van der Waals surface area contributed by atoms with Crippen molar-refractivity contribution in [2.75, 3.05) is 39.3 Å². The van der Waals surface area contributed by atoms with E-state index in [-0.39, 0.29) is 0 Å². The normalized spacial score (nSPS) is 10.5. The molecular weight excluding hydrogens is 306 g/mol. The predicted molar refractivity (Wildman–Crippen MR) is 114 cm³/mol. The van der Waals surface area contributed by atoms with Crippen LogP contribution in [-0.4, -0.2) is 54.0 Å². The fourth-order valence-corrected chi connectivity index (χ4v) is 3.51. The van der Waals surface area contributed by atoms with Crippen molar-refractivity contribution in [1.29, 1.82) is 0 Å². The standard InChI is InChI=1S/C22H45N3/c1-8-15-23(16-9-2)21(14-7)22(24(17-10-3)18-11-4)25(19-12-5)20-13-6/h14H,7-13,15-20H2,1-6H3. The monoisotopic (exact) mass is 351 g/mol. The Labute approximate surface area is 158 Å². The molecule has 0 saturated heterocycles. The van der Waals surface area contributed by atoms with Crippen LogP contribution in [0.3, 0.4) is 0 Å². The zero-order valence-electron chi connectivity index (χ0n) is 18.1. The van der Waals surface area contributed by atoms with Crippen LogP contribution in [0.2, 0.25) is 0 Å². The van der Waals surface area contributed by atoms with Crippen LogP contribution < -0.4 is 0 Å². The molecule has 0 aliphatic rings. The molecule has 0 amide bonds. The Hall–Kier alpha value is -1.12. The minimum Gasteiger partial charge on any atom is -0.369 e. The molecule has 25 heavy (non-hydrogen) atoms. The number of hydrogen-bond donors (Lipinski definition) is 0. The minimum absolute atomic E-state index is 1.11. The first-order chi connectivity index (χ1) is 12.1. The van der Waals surface area contributed by atoms with Gasteiger partial charge in [0.25, 0.3) is 0 Å². The van der Waals surface area contributed by atoms with E-state index >= 15 is 0 Å². The molecule has 3 nitrogen and oxygen atoms in total. The summed E-state index contributed by atoms with van der Waals surface area (Å²) >= 11 is 0. The van der Waals surface area contributed by atoms with E-state index in [1.165, 1.54) is 50.0 Å². The Balaban J connectivity index is 6.14. The summed E-state index contributed by atoms with van der Waals surface area (Å²) in [5, 5.41) is 0. The molecule has 0 aromatic heterocycles. The predicted octanol–water partition coefficient (Wildman–Crippen LogP) is 5.71. The number of allylic oxidation sites excluding steroid dienone is 1. The molecule has 0 heterocycles. The van der Waals surface area contributed by atoms with E-state index in [4.69, 9.17) is 0 Å². The van der Waals surface area contributed by atoms with Crippen molar-refractivity contribution in [2.45, 2.75) is 80.1 Å². The maximum absolute atomic E-state index is 4.22. The average molecular weight is 352 g/mol. The van der Waals surface area contributed by atoms with E-state index in [1.54, 1.807) is 0 Å². The summed E-state index contributed by atoms with van der Waals surface area (Å²) in [5.41, 5.74) is 1.34. The largest absolute Gasteiger partial charge is 0.369 e. The van der Waals surface area contributed by atoms with Gasteiger partial charge in [-0.25, -0.2) is 0 Å². The maximum Gasteiger partial charge on any atom is 0.128 e. The van der Waals surface area contributed by atoms with Crippen molar-refractivity contribution in [1.82, 2.24) is 14.7 Å². The van der Waals surface area contributed by atoms with E-state index in [2.05, 4.69) is 68.9 Å². The van der Waals surface area contributed by atoms with Crippen LogP contribution in [-0.2, 0) is 0 Å². The minimum atomic E-state index is 1.11. The fraction of sp³-hybridized carbons (Fsp3) is 0.818.